The van der Waals surface area contributed by atoms with Crippen LogP contribution in [0.5, 0.6) is 5.75 Å². The molecule has 0 aliphatic carbocycles. The molecule has 2 aromatic carbocycles. The molecule has 160 valence electrons. The van der Waals surface area contributed by atoms with Crippen LogP contribution < -0.4 is 14.4 Å². The van der Waals surface area contributed by atoms with Crippen molar-refractivity contribution in [1.29, 1.82) is 0 Å². The van der Waals surface area contributed by atoms with E-state index in [9.17, 15) is 13.2 Å². The van der Waals surface area contributed by atoms with Crippen molar-refractivity contribution in [2.75, 3.05) is 15.9 Å². The van der Waals surface area contributed by atoms with Crippen molar-refractivity contribution in [3.63, 3.8) is 0 Å². The highest BCUT2D eigenvalue weighted by Crippen LogP contribution is 2.32. The van der Waals surface area contributed by atoms with Crippen LogP contribution in [-0.2, 0) is 16.9 Å². The van der Waals surface area contributed by atoms with E-state index >= 15 is 0 Å². The molecule has 0 saturated heterocycles. The molecule has 0 radical (unpaired) electrons. The lowest BCUT2D eigenvalue weighted by Crippen LogP contribution is -2.27. The highest BCUT2D eigenvalue weighted by Gasteiger charge is 2.21. The van der Waals surface area contributed by atoms with Crippen molar-refractivity contribution >= 4 is 51.1 Å². The minimum atomic E-state index is -3.46. The highest BCUT2D eigenvalue weighted by molar-refractivity contribution is 7.90. The Hall–Kier alpha value is -2.72. The van der Waals surface area contributed by atoms with Crippen LogP contribution >= 0.6 is 12.8 Å². The summed E-state index contributed by atoms with van der Waals surface area (Å²) in [6, 6.07) is 9.19. The van der Waals surface area contributed by atoms with Gasteiger partial charge in [-0.15, -0.1) is 0 Å². The summed E-state index contributed by atoms with van der Waals surface area (Å²) in [5, 5.41) is 2.71. The zero-order chi connectivity index (χ0) is 22.2. The summed E-state index contributed by atoms with van der Waals surface area (Å²) in [6.07, 6.45) is 0.941. The monoisotopic (exact) mass is 448 g/mol. The number of urea groups is 1. The van der Waals surface area contributed by atoms with Crippen LogP contribution in [-0.4, -0.2) is 36.4 Å². The lowest BCUT2D eigenvalue weighted by Gasteiger charge is -2.20. The Morgan fingerprint density at radius 1 is 1.27 bits per heavy atom. The number of sulfone groups is 1. The first-order valence-electron chi connectivity index (χ1n) is 9.22. The molecule has 0 saturated carbocycles. The third-order valence-electron chi connectivity index (χ3n) is 4.50. The molecule has 1 aromatic heterocycles. The van der Waals surface area contributed by atoms with Gasteiger partial charge in [-0.05, 0) is 51.1 Å². The molecule has 0 aliphatic rings. The van der Waals surface area contributed by atoms with Gasteiger partial charge in [-0.1, -0.05) is 18.9 Å². The molecule has 0 fully saturated rings. The number of imidazole rings is 1. The summed E-state index contributed by atoms with van der Waals surface area (Å²) in [6.45, 7) is 5.55. The average Bonchev–Trinajstić information content (AvgIpc) is 2.95. The van der Waals surface area contributed by atoms with E-state index in [1.807, 2.05) is 38.5 Å². The number of carbonyl (C=O) groups is 1. The van der Waals surface area contributed by atoms with Crippen molar-refractivity contribution in [1.82, 2.24) is 9.55 Å². The third-order valence-corrected chi connectivity index (χ3v) is 6.01. The number of carbonyl (C=O) groups excluding carboxylic acids is 1. The number of hydrogen-bond donors (Lipinski definition) is 2. The molecule has 30 heavy (non-hydrogen) atoms. The summed E-state index contributed by atoms with van der Waals surface area (Å²) in [5.41, 5.74) is 2.28. The van der Waals surface area contributed by atoms with E-state index < -0.39 is 15.9 Å². The topological polar surface area (TPSA) is 93.5 Å². The number of thiol groups is 1. The molecule has 0 atom stereocenters. The van der Waals surface area contributed by atoms with Gasteiger partial charge in [-0.2, -0.15) is 0 Å². The van der Waals surface area contributed by atoms with Gasteiger partial charge < -0.3 is 14.6 Å². The van der Waals surface area contributed by atoms with Crippen LogP contribution in [0.4, 0.5) is 16.2 Å². The van der Waals surface area contributed by atoms with Crippen LogP contribution in [0.3, 0.4) is 0 Å². The van der Waals surface area contributed by atoms with E-state index in [-0.39, 0.29) is 16.7 Å². The SMILES string of the molecule is Cc1nc2cccc(N(S)C(=O)Nc3cc(S(C)(=O)=O)ccc3OC(C)C)c2n1C. The molecule has 8 nitrogen and oxygen atoms in total. The van der Waals surface area contributed by atoms with Crippen LogP contribution in [0.15, 0.2) is 41.3 Å². The lowest BCUT2D eigenvalue weighted by molar-refractivity contribution is 0.242. The highest BCUT2D eigenvalue weighted by atomic mass is 32.2. The molecule has 2 amide bonds. The molecule has 3 rings (SSSR count). The van der Waals surface area contributed by atoms with E-state index in [4.69, 9.17) is 4.74 Å². The van der Waals surface area contributed by atoms with E-state index in [0.717, 1.165) is 27.4 Å². The van der Waals surface area contributed by atoms with Crippen molar-refractivity contribution in [3.05, 3.63) is 42.2 Å². The second-order valence-electron chi connectivity index (χ2n) is 7.20. The van der Waals surface area contributed by atoms with Gasteiger partial charge in [0.15, 0.2) is 9.84 Å². The molecule has 0 bridgehead atoms. The number of aryl methyl sites for hydroxylation is 2. The van der Waals surface area contributed by atoms with E-state index in [1.54, 1.807) is 12.1 Å². The Morgan fingerprint density at radius 3 is 2.60 bits per heavy atom. The lowest BCUT2D eigenvalue weighted by atomic mass is 10.2. The number of rotatable bonds is 5. The Kier molecular flexibility index (Phi) is 6.00. The molecule has 1 N–H and O–H groups in total. The maximum absolute atomic E-state index is 13.0. The molecule has 10 heteroatoms. The molecule has 1 heterocycles. The number of aromatic nitrogens is 2. The maximum atomic E-state index is 13.0. The van der Waals surface area contributed by atoms with Crippen LogP contribution in [0.1, 0.15) is 19.7 Å². The van der Waals surface area contributed by atoms with Gasteiger partial charge in [0.05, 0.1) is 33.4 Å². The summed E-state index contributed by atoms with van der Waals surface area (Å²) < 4.78 is 32.7. The minimum Gasteiger partial charge on any atom is -0.489 e. The first kappa shape index (κ1) is 22.0. The number of nitrogens with zero attached hydrogens (tertiary/aromatic N) is 3. The Morgan fingerprint density at radius 2 is 1.97 bits per heavy atom. The molecule has 3 aromatic rings. The van der Waals surface area contributed by atoms with E-state index in [0.29, 0.717) is 11.4 Å². The van der Waals surface area contributed by atoms with Crippen LogP contribution in [0.25, 0.3) is 11.0 Å². The number of nitrogens with one attached hydrogen (secondary N) is 1. The average molecular weight is 449 g/mol. The fraction of sp³-hybridized carbons (Fsp3) is 0.300. The Balaban J connectivity index is 1.99. The van der Waals surface area contributed by atoms with E-state index in [2.05, 4.69) is 23.1 Å². The second-order valence-corrected chi connectivity index (χ2v) is 9.62. The van der Waals surface area contributed by atoms with Gasteiger partial charge in [0.1, 0.15) is 11.6 Å². The fourth-order valence-electron chi connectivity index (χ4n) is 3.01. The normalized spacial score (nSPS) is 11.7. The minimum absolute atomic E-state index is 0.0731. The number of fused-ring (bicyclic) bond motifs is 1. The van der Waals surface area contributed by atoms with Gasteiger partial charge >= 0.3 is 6.03 Å². The molecule has 0 unspecified atom stereocenters. The number of benzene rings is 2. The molecule has 0 aliphatic heterocycles. The summed E-state index contributed by atoms with van der Waals surface area (Å²) in [4.78, 5) is 17.5. The summed E-state index contributed by atoms with van der Waals surface area (Å²) >= 11 is 4.39. The summed E-state index contributed by atoms with van der Waals surface area (Å²) in [7, 11) is -1.60. The van der Waals surface area contributed by atoms with Crippen LogP contribution in [0, 0.1) is 6.92 Å². The van der Waals surface area contributed by atoms with Crippen molar-refractivity contribution in [2.45, 2.75) is 31.8 Å². The van der Waals surface area contributed by atoms with Crippen molar-refractivity contribution in [3.8, 4) is 5.75 Å². The van der Waals surface area contributed by atoms with Gasteiger partial charge in [0.25, 0.3) is 0 Å². The third kappa shape index (κ3) is 4.39. The predicted octanol–water partition coefficient (Wildman–Crippen LogP) is 3.96. The number of hydrogen-bond acceptors (Lipinski definition) is 6. The fourth-order valence-corrected chi connectivity index (χ4v) is 3.87. The smallest absolute Gasteiger partial charge is 0.336 e. The Bertz CT molecular complexity index is 1220. The summed E-state index contributed by atoms with van der Waals surface area (Å²) in [5.74, 6) is 1.16. The number of para-hydroxylation sites is 1. The first-order valence-corrected chi connectivity index (χ1v) is 11.5. The largest absolute Gasteiger partial charge is 0.489 e. The van der Waals surface area contributed by atoms with Crippen molar-refractivity contribution < 1.29 is 17.9 Å². The zero-order valence-corrected chi connectivity index (χ0v) is 19.1. The van der Waals surface area contributed by atoms with E-state index in [1.165, 1.54) is 18.2 Å². The molecular formula is C20H24N4O4S2. The molecular weight excluding hydrogens is 424 g/mol. The number of anilines is 2. The molecule has 0 spiro atoms. The standard InChI is InChI=1S/C20H24N4O4S2/c1-12(2)28-18-10-9-14(30(5,26)27)11-16(18)22-20(25)24(29)17-8-6-7-15-19(17)23(4)13(3)21-15/h6-12,29H,1-5H3,(H,22,25). The van der Waals surface area contributed by atoms with Gasteiger partial charge in [0, 0.05) is 13.3 Å². The number of ether oxygens (including phenoxy) is 1. The van der Waals surface area contributed by atoms with Gasteiger partial charge in [0.2, 0.25) is 0 Å². The van der Waals surface area contributed by atoms with Gasteiger partial charge in [-0.3, -0.25) is 0 Å². The maximum Gasteiger partial charge on any atom is 0.336 e. The number of amides is 2. The first-order chi connectivity index (χ1) is 14.0. The second kappa shape index (κ2) is 8.19. The van der Waals surface area contributed by atoms with Crippen LogP contribution in [0.2, 0.25) is 0 Å². The predicted molar refractivity (Wildman–Crippen MR) is 121 cm³/mol. The Labute approximate surface area is 181 Å². The van der Waals surface area contributed by atoms with Crippen molar-refractivity contribution in [2.24, 2.45) is 7.05 Å². The zero-order valence-electron chi connectivity index (χ0n) is 17.4. The van der Waals surface area contributed by atoms with Gasteiger partial charge in [-0.25, -0.2) is 22.5 Å². The quantitative estimate of drug-likeness (QED) is 0.577.